The highest BCUT2D eigenvalue weighted by Gasteiger charge is 2.12. The molecule has 1 fully saturated rings. The predicted octanol–water partition coefficient (Wildman–Crippen LogP) is 3.53. The summed E-state index contributed by atoms with van der Waals surface area (Å²) in [6.45, 7) is 0.888. The minimum Gasteiger partial charge on any atom is -0.494 e. The van der Waals surface area contributed by atoms with E-state index in [1.165, 1.54) is 38.5 Å². The van der Waals surface area contributed by atoms with E-state index >= 15 is 0 Å². The molecule has 1 N–H and O–H groups in total. The van der Waals surface area contributed by atoms with Crippen LogP contribution in [0.15, 0.2) is 24.3 Å². The van der Waals surface area contributed by atoms with Gasteiger partial charge >= 0.3 is 0 Å². The predicted molar refractivity (Wildman–Crippen MR) is 69.1 cm³/mol. The van der Waals surface area contributed by atoms with Gasteiger partial charge in [-0.05, 0) is 30.0 Å². The average Bonchev–Trinajstić information content (AvgIpc) is 2.40. The fourth-order valence-corrected chi connectivity index (χ4v) is 2.55. The van der Waals surface area contributed by atoms with E-state index in [2.05, 4.69) is 0 Å². The summed E-state index contributed by atoms with van der Waals surface area (Å²) in [4.78, 5) is 0. The largest absolute Gasteiger partial charge is 0.494 e. The summed E-state index contributed by atoms with van der Waals surface area (Å²) in [5, 5.41) is 9.04. The second-order valence-corrected chi connectivity index (χ2v) is 4.95. The Balaban J connectivity index is 1.73. The van der Waals surface area contributed by atoms with Crippen LogP contribution in [0.25, 0.3) is 0 Å². The molecule has 1 aromatic rings. The van der Waals surface area contributed by atoms with E-state index in [-0.39, 0.29) is 6.61 Å². The number of aliphatic hydroxyl groups excluding tert-OH is 1. The van der Waals surface area contributed by atoms with Gasteiger partial charge in [0.05, 0.1) is 13.2 Å². The first-order valence-corrected chi connectivity index (χ1v) is 6.71. The van der Waals surface area contributed by atoms with Crippen molar-refractivity contribution in [2.24, 2.45) is 5.92 Å². The number of hydrogen-bond donors (Lipinski definition) is 1. The van der Waals surface area contributed by atoms with Gasteiger partial charge in [-0.15, -0.1) is 0 Å². The SMILES string of the molecule is OCc1cccc(OCCC2CCCCC2)c1. The summed E-state index contributed by atoms with van der Waals surface area (Å²) in [6.07, 6.45) is 8.12. The Bertz CT molecular complexity index is 329. The molecular formula is C15H22O2. The van der Waals surface area contributed by atoms with Gasteiger partial charge in [0.2, 0.25) is 0 Å². The first-order valence-electron chi connectivity index (χ1n) is 6.71. The van der Waals surface area contributed by atoms with Crippen molar-refractivity contribution in [3.05, 3.63) is 29.8 Å². The van der Waals surface area contributed by atoms with Gasteiger partial charge < -0.3 is 9.84 Å². The standard InChI is InChI=1S/C15H22O2/c16-12-14-7-4-8-15(11-14)17-10-9-13-5-2-1-3-6-13/h4,7-8,11,13,16H,1-3,5-6,9-10,12H2. The Morgan fingerprint density at radius 3 is 2.76 bits per heavy atom. The van der Waals surface area contributed by atoms with E-state index in [1.807, 2.05) is 24.3 Å². The summed E-state index contributed by atoms with van der Waals surface area (Å²) in [5.74, 6) is 1.75. The van der Waals surface area contributed by atoms with Crippen LogP contribution in [-0.2, 0) is 6.61 Å². The molecule has 1 aliphatic carbocycles. The normalized spacial score (nSPS) is 17.0. The molecule has 1 aromatic carbocycles. The van der Waals surface area contributed by atoms with Crippen molar-refractivity contribution in [2.45, 2.75) is 45.1 Å². The molecule has 17 heavy (non-hydrogen) atoms. The minimum absolute atomic E-state index is 0.0832. The molecule has 0 radical (unpaired) electrons. The topological polar surface area (TPSA) is 29.5 Å². The summed E-state index contributed by atoms with van der Waals surface area (Å²) in [6, 6.07) is 7.72. The maximum atomic E-state index is 9.04. The fourth-order valence-electron chi connectivity index (χ4n) is 2.55. The molecule has 2 nitrogen and oxygen atoms in total. The Hall–Kier alpha value is -1.02. The van der Waals surface area contributed by atoms with Crippen molar-refractivity contribution in [1.82, 2.24) is 0 Å². The summed E-state index contributed by atoms with van der Waals surface area (Å²) >= 11 is 0. The minimum atomic E-state index is 0.0832. The van der Waals surface area contributed by atoms with Crippen LogP contribution < -0.4 is 4.74 Å². The lowest BCUT2D eigenvalue weighted by molar-refractivity contribution is 0.244. The first-order chi connectivity index (χ1) is 8.38. The zero-order valence-corrected chi connectivity index (χ0v) is 10.4. The monoisotopic (exact) mass is 234 g/mol. The number of aliphatic hydroxyl groups is 1. The quantitative estimate of drug-likeness (QED) is 0.844. The molecule has 0 saturated heterocycles. The average molecular weight is 234 g/mol. The van der Waals surface area contributed by atoms with E-state index in [9.17, 15) is 0 Å². The third-order valence-corrected chi connectivity index (χ3v) is 3.60. The second-order valence-electron chi connectivity index (χ2n) is 4.95. The summed E-state index contributed by atoms with van der Waals surface area (Å²) < 4.78 is 5.74. The van der Waals surface area contributed by atoms with E-state index < -0.39 is 0 Å². The van der Waals surface area contributed by atoms with Crippen LogP contribution >= 0.6 is 0 Å². The molecule has 0 bridgehead atoms. The van der Waals surface area contributed by atoms with Crippen molar-refractivity contribution >= 4 is 0 Å². The molecule has 0 spiro atoms. The third-order valence-electron chi connectivity index (χ3n) is 3.60. The second kappa shape index (κ2) is 6.65. The lowest BCUT2D eigenvalue weighted by Crippen LogP contribution is -2.10. The number of ether oxygens (including phenoxy) is 1. The van der Waals surface area contributed by atoms with Crippen LogP contribution in [0.3, 0.4) is 0 Å². The van der Waals surface area contributed by atoms with Gasteiger partial charge in [-0.2, -0.15) is 0 Å². The van der Waals surface area contributed by atoms with Crippen molar-refractivity contribution in [1.29, 1.82) is 0 Å². The van der Waals surface area contributed by atoms with Crippen molar-refractivity contribution in [3.63, 3.8) is 0 Å². The van der Waals surface area contributed by atoms with Crippen LogP contribution in [0, 0.1) is 5.92 Å². The first kappa shape index (κ1) is 12.4. The van der Waals surface area contributed by atoms with E-state index in [1.54, 1.807) is 0 Å². The lowest BCUT2D eigenvalue weighted by atomic mass is 9.87. The van der Waals surface area contributed by atoms with Gasteiger partial charge in [-0.3, -0.25) is 0 Å². The highest BCUT2D eigenvalue weighted by molar-refractivity contribution is 5.27. The van der Waals surface area contributed by atoms with Gasteiger partial charge in [0.15, 0.2) is 0 Å². The molecule has 0 heterocycles. The smallest absolute Gasteiger partial charge is 0.119 e. The van der Waals surface area contributed by atoms with Crippen molar-refractivity contribution in [2.75, 3.05) is 6.61 Å². The van der Waals surface area contributed by atoms with Crippen molar-refractivity contribution in [3.8, 4) is 5.75 Å². The van der Waals surface area contributed by atoms with Gasteiger partial charge in [0.25, 0.3) is 0 Å². The van der Waals surface area contributed by atoms with E-state index in [4.69, 9.17) is 9.84 Å². The Labute approximate surface area is 104 Å². The number of rotatable bonds is 5. The highest BCUT2D eigenvalue weighted by Crippen LogP contribution is 2.26. The van der Waals surface area contributed by atoms with Crippen LogP contribution in [-0.4, -0.2) is 11.7 Å². The molecule has 0 aromatic heterocycles. The van der Waals surface area contributed by atoms with E-state index in [0.29, 0.717) is 0 Å². The molecule has 0 aliphatic heterocycles. The number of benzene rings is 1. The molecule has 2 rings (SSSR count). The van der Waals surface area contributed by atoms with Crippen LogP contribution in [0.5, 0.6) is 5.75 Å². The summed E-state index contributed by atoms with van der Waals surface area (Å²) in [7, 11) is 0. The molecule has 94 valence electrons. The lowest BCUT2D eigenvalue weighted by Gasteiger charge is -2.21. The van der Waals surface area contributed by atoms with Crippen LogP contribution in [0.2, 0.25) is 0 Å². The highest BCUT2D eigenvalue weighted by atomic mass is 16.5. The van der Waals surface area contributed by atoms with Crippen LogP contribution in [0.1, 0.15) is 44.1 Å². The molecule has 0 unspecified atom stereocenters. The zero-order chi connectivity index (χ0) is 11.9. The fraction of sp³-hybridized carbons (Fsp3) is 0.600. The van der Waals surface area contributed by atoms with Gasteiger partial charge in [0, 0.05) is 0 Å². The molecule has 2 heteroatoms. The third kappa shape index (κ3) is 4.04. The van der Waals surface area contributed by atoms with Gasteiger partial charge in [-0.1, -0.05) is 44.2 Å². The zero-order valence-electron chi connectivity index (χ0n) is 10.4. The number of hydrogen-bond acceptors (Lipinski definition) is 2. The molecule has 0 atom stereocenters. The summed E-state index contributed by atoms with van der Waals surface area (Å²) in [5.41, 5.74) is 0.917. The molecule has 0 amide bonds. The van der Waals surface area contributed by atoms with E-state index in [0.717, 1.165) is 23.8 Å². The Morgan fingerprint density at radius 2 is 2.00 bits per heavy atom. The van der Waals surface area contributed by atoms with Gasteiger partial charge in [-0.25, -0.2) is 0 Å². The maximum Gasteiger partial charge on any atom is 0.119 e. The molecule has 1 saturated carbocycles. The molecular weight excluding hydrogens is 212 g/mol. The van der Waals surface area contributed by atoms with Gasteiger partial charge in [0.1, 0.15) is 5.75 Å². The maximum absolute atomic E-state index is 9.04. The van der Waals surface area contributed by atoms with Crippen LogP contribution in [0.4, 0.5) is 0 Å². The molecule has 1 aliphatic rings. The van der Waals surface area contributed by atoms with Crippen molar-refractivity contribution < 1.29 is 9.84 Å². The Morgan fingerprint density at radius 1 is 1.18 bits per heavy atom. The Kier molecular flexibility index (Phi) is 4.87.